The van der Waals surface area contributed by atoms with Crippen molar-refractivity contribution in [1.29, 1.82) is 0 Å². The van der Waals surface area contributed by atoms with Gasteiger partial charge in [0.05, 0.1) is 30.8 Å². The maximum absolute atomic E-state index is 12.1. The summed E-state index contributed by atoms with van der Waals surface area (Å²) in [5.41, 5.74) is 0.497. The molecule has 0 bridgehead atoms. The zero-order chi connectivity index (χ0) is 14.4. The van der Waals surface area contributed by atoms with Crippen molar-refractivity contribution < 1.29 is 13.2 Å². The summed E-state index contributed by atoms with van der Waals surface area (Å²) in [6, 6.07) is 0.0461. The largest absolute Gasteiger partial charge is 0.383 e. The Balaban J connectivity index is 1.88. The van der Waals surface area contributed by atoms with E-state index in [1.54, 1.807) is 18.0 Å². The van der Waals surface area contributed by atoms with E-state index in [1.807, 2.05) is 0 Å². The predicted octanol–water partition coefficient (Wildman–Crippen LogP) is 0.413. The lowest BCUT2D eigenvalue weighted by Gasteiger charge is -2.23. The van der Waals surface area contributed by atoms with Crippen LogP contribution in [0.15, 0.2) is 12.4 Å². The van der Waals surface area contributed by atoms with Gasteiger partial charge in [-0.2, -0.15) is 5.10 Å². The number of aromatic nitrogens is 2. The average Bonchev–Trinajstić information content (AvgIpc) is 2.83. The van der Waals surface area contributed by atoms with Crippen molar-refractivity contribution in [3.05, 3.63) is 12.4 Å². The topological polar surface area (TPSA) is 85.2 Å². The molecular weight excluding hydrogens is 280 g/mol. The third-order valence-electron chi connectivity index (χ3n) is 3.26. The molecule has 0 amide bonds. The molecule has 1 saturated heterocycles. The van der Waals surface area contributed by atoms with E-state index in [0.29, 0.717) is 18.8 Å². The van der Waals surface area contributed by atoms with Gasteiger partial charge in [0.15, 0.2) is 0 Å². The summed E-state index contributed by atoms with van der Waals surface area (Å²) >= 11 is 0. The molecule has 20 heavy (non-hydrogen) atoms. The SMILES string of the molecule is COCCn1cc(NS(=O)(=O)CC2CCCCN2)cn1. The van der Waals surface area contributed by atoms with Gasteiger partial charge in [-0.3, -0.25) is 9.40 Å². The van der Waals surface area contributed by atoms with Crippen molar-refractivity contribution in [2.24, 2.45) is 0 Å². The van der Waals surface area contributed by atoms with Gasteiger partial charge in [0, 0.05) is 19.3 Å². The lowest BCUT2D eigenvalue weighted by Crippen LogP contribution is -2.40. The maximum Gasteiger partial charge on any atom is 0.234 e. The highest BCUT2D eigenvalue weighted by molar-refractivity contribution is 7.92. The van der Waals surface area contributed by atoms with Gasteiger partial charge in [-0.1, -0.05) is 6.42 Å². The number of anilines is 1. The van der Waals surface area contributed by atoms with Gasteiger partial charge >= 0.3 is 0 Å². The van der Waals surface area contributed by atoms with Gasteiger partial charge in [-0.15, -0.1) is 0 Å². The summed E-state index contributed by atoms with van der Waals surface area (Å²) in [6.45, 7) is 2.04. The van der Waals surface area contributed by atoms with Crippen LogP contribution in [0.5, 0.6) is 0 Å². The fourth-order valence-corrected chi connectivity index (χ4v) is 3.64. The Morgan fingerprint density at radius 3 is 3.10 bits per heavy atom. The van der Waals surface area contributed by atoms with Crippen LogP contribution >= 0.6 is 0 Å². The molecule has 2 rings (SSSR count). The summed E-state index contributed by atoms with van der Waals surface area (Å²) < 4.78 is 33.3. The Bertz CT molecular complexity index is 509. The number of sulfonamides is 1. The van der Waals surface area contributed by atoms with Gasteiger partial charge in [0.2, 0.25) is 10.0 Å². The van der Waals surface area contributed by atoms with E-state index in [2.05, 4.69) is 15.1 Å². The molecule has 1 aromatic rings. The average molecular weight is 302 g/mol. The van der Waals surface area contributed by atoms with Crippen LogP contribution in [-0.4, -0.2) is 50.3 Å². The fraction of sp³-hybridized carbons (Fsp3) is 0.750. The Hall–Kier alpha value is -1.12. The van der Waals surface area contributed by atoms with Crippen LogP contribution in [0.1, 0.15) is 19.3 Å². The summed E-state index contributed by atoms with van der Waals surface area (Å²) in [7, 11) is -1.72. The van der Waals surface area contributed by atoms with E-state index in [9.17, 15) is 8.42 Å². The van der Waals surface area contributed by atoms with Crippen LogP contribution in [-0.2, 0) is 21.3 Å². The van der Waals surface area contributed by atoms with Crippen molar-refractivity contribution in [3.8, 4) is 0 Å². The van der Waals surface area contributed by atoms with E-state index >= 15 is 0 Å². The molecule has 1 aliphatic rings. The van der Waals surface area contributed by atoms with Crippen LogP contribution in [0.25, 0.3) is 0 Å². The monoisotopic (exact) mass is 302 g/mol. The summed E-state index contributed by atoms with van der Waals surface area (Å²) in [5, 5.41) is 7.32. The van der Waals surface area contributed by atoms with Crippen molar-refractivity contribution in [1.82, 2.24) is 15.1 Å². The van der Waals surface area contributed by atoms with E-state index in [1.165, 1.54) is 6.20 Å². The molecule has 1 atom stereocenters. The summed E-state index contributed by atoms with van der Waals surface area (Å²) in [5.74, 6) is 0.107. The van der Waals surface area contributed by atoms with Crippen LogP contribution < -0.4 is 10.0 Å². The molecule has 0 aromatic carbocycles. The van der Waals surface area contributed by atoms with Crippen LogP contribution in [0, 0.1) is 0 Å². The molecule has 2 heterocycles. The first-order valence-corrected chi connectivity index (χ1v) is 8.49. The van der Waals surface area contributed by atoms with Crippen molar-refractivity contribution >= 4 is 15.7 Å². The number of hydrogen-bond acceptors (Lipinski definition) is 5. The second-order valence-electron chi connectivity index (χ2n) is 5.02. The normalized spacial score (nSPS) is 19.9. The molecule has 0 radical (unpaired) electrons. The number of hydrogen-bond donors (Lipinski definition) is 2. The molecule has 0 aliphatic carbocycles. The Morgan fingerprint density at radius 1 is 1.55 bits per heavy atom. The number of methoxy groups -OCH3 is 1. The molecule has 2 N–H and O–H groups in total. The molecule has 1 aromatic heterocycles. The zero-order valence-corrected chi connectivity index (χ0v) is 12.5. The number of nitrogens with zero attached hydrogens (tertiary/aromatic N) is 2. The van der Waals surface area contributed by atoms with Gasteiger partial charge in [0.25, 0.3) is 0 Å². The molecule has 1 unspecified atom stereocenters. The predicted molar refractivity (Wildman–Crippen MR) is 77.2 cm³/mol. The van der Waals surface area contributed by atoms with E-state index in [4.69, 9.17) is 4.74 Å². The van der Waals surface area contributed by atoms with E-state index in [0.717, 1.165) is 25.8 Å². The number of ether oxygens (including phenoxy) is 1. The molecule has 1 aliphatic heterocycles. The van der Waals surface area contributed by atoms with Gasteiger partial charge in [0.1, 0.15) is 0 Å². The fourth-order valence-electron chi connectivity index (χ4n) is 2.28. The number of piperidine rings is 1. The number of nitrogens with one attached hydrogen (secondary N) is 2. The lowest BCUT2D eigenvalue weighted by molar-refractivity contribution is 0.183. The summed E-state index contributed by atoms with van der Waals surface area (Å²) in [6.07, 6.45) is 6.30. The molecule has 8 heteroatoms. The highest BCUT2D eigenvalue weighted by Crippen LogP contribution is 2.12. The highest BCUT2D eigenvalue weighted by atomic mass is 32.2. The molecule has 1 fully saturated rings. The van der Waals surface area contributed by atoms with E-state index < -0.39 is 10.0 Å². The first-order valence-electron chi connectivity index (χ1n) is 6.84. The van der Waals surface area contributed by atoms with Gasteiger partial charge < -0.3 is 10.1 Å². The molecule has 7 nitrogen and oxygen atoms in total. The van der Waals surface area contributed by atoms with Crippen LogP contribution in [0.3, 0.4) is 0 Å². The van der Waals surface area contributed by atoms with Gasteiger partial charge in [-0.25, -0.2) is 8.42 Å². The van der Waals surface area contributed by atoms with Gasteiger partial charge in [-0.05, 0) is 19.4 Å². The molecular formula is C12H22N4O3S. The maximum atomic E-state index is 12.1. The van der Waals surface area contributed by atoms with Crippen molar-refractivity contribution in [2.75, 3.05) is 30.7 Å². The number of rotatable bonds is 7. The van der Waals surface area contributed by atoms with Crippen molar-refractivity contribution in [3.63, 3.8) is 0 Å². The standard InChI is InChI=1S/C12H22N4O3S/c1-19-7-6-16-9-12(8-14-16)15-20(17,18)10-11-4-2-3-5-13-11/h8-9,11,13,15H,2-7,10H2,1H3. The first-order chi connectivity index (χ1) is 9.59. The minimum absolute atomic E-state index is 0.0461. The Kier molecular flexibility index (Phi) is 5.38. The summed E-state index contributed by atoms with van der Waals surface area (Å²) in [4.78, 5) is 0. The second kappa shape index (κ2) is 7.05. The van der Waals surface area contributed by atoms with Crippen molar-refractivity contribution in [2.45, 2.75) is 31.8 Å². The van der Waals surface area contributed by atoms with E-state index in [-0.39, 0.29) is 11.8 Å². The smallest absolute Gasteiger partial charge is 0.234 e. The molecule has 0 spiro atoms. The first kappa shape index (κ1) is 15.3. The minimum atomic E-state index is -3.34. The molecule has 0 saturated carbocycles. The quantitative estimate of drug-likeness (QED) is 0.762. The lowest BCUT2D eigenvalue weighted by atomic mass is 10.1. The minimum Gasteiger partial charge on any atom is -0.383 e. The zero-order valence-electron chi connectivity index (χ0n) is 11.7. The third kappa shape index (κ3) is 4.77. The third-order valence-corrected chi connectivity index (χ3v) is 4.65. The Labute approximate surface area is 119 Å². The Morgan fingerprint density at radius 2 is 2.40 bits per heavy atom. The highest BCUT2D eigenvalue weighted by Gasteiger charge is 2.21. The van der Waals surface area contributed by atoms with Crippen LogP contribution in [0.4, 0.5) is 5.69 Å². The molecule has 114 valence electrons. The van der Waals surface area contributed by atoms with Crippen LogP contribution in [0.2, 0.25) is 0 Å². The second-order valence-corrected chi connectivity index (χ2v) is 6.78.